The predicted molar refractivity (Wildman–Crippen MR) is 104 cm³/mol. The lowest BCUT2D eigenvalue weighted by molar-refractivity contribution is -0.143. The van der Waals surface area contributed by atoms with Crippen molar-refractivity contribution in [3.8, 4) is 11.3 Å². The number of anilines is 2. The van der Waals surface area contributed by atoms with Crippen molar-refractivity contribution in [2.24, 2.45) is 7.05 Å². The topological polar surface area (TPSA) is 89.1 Å². The number of rotatable bonds is 5. The first-order valence-corrected chi connectivity index (χ1v) is 8.85. The zero-order valence-corrected chi connectivity index (χ0v) is 15.7. The summed E-state index contributed by atoms with van der Waals surface area (Å²) in [5, 5.41) is 8.80. The lowest BCUT2D eigenvalue weighted by Gasteiger charge is -2.07. The van der Waals surface area contributed by atoms with Crippen LogP contribution in [0.15, 0.2) is 55.0 Å². The number of carbonyl (C=O) groups is 1. The van der Waals surface area contributed by atoms with E-state index in [1.54, 1.807) is 18.5 Å². The number of hydrogen-bond donors (Lipinski definition) is 2. The van der Waals surface area contributed by atoms with Crippen LogP contribution in [0.25, 0.3) is 16.9 Å². The highest BCUT2D eigenvalue weighted by atomic mass is 19.4. The van der Waals surface area contributed by atoms with Crippen LogP contribution in [-0.4, -0.2) is 36.6 Å². The molecule has 2 N–H and O–H groups in total. The molecule has 0 saturated heterocycles. The molecule has 4 aromatic heterocycles. The molecular formula is C19H16F3N7O. The van der Waals surface area contributed by atoms with Crippen molar-refractivity contribution < 1.29 is 18.0 Å². The quantitative estimate of drug-likeness (QED) is 0.523. The van der Waals surface area contributed by atoms with Crippen LogP contribution in [0.3, 0.4) is 0 Å². The van der Waals surface area contributed by atoms with E-state index in [1.807, 2.05) is 34.9 Å². The lowest BCUT2D eigenvalue weighted by atomic mass is 10.2. The minimum Gasteiger partial charge on any atom is -0.361 e. The van der Waals surface area contributed by atoms with E-state index in [-0.39, 0.29) is 12.4 Å². The summed E-state index contributed by atoms with van der Waals surface area (Å²) in [6.45, 7) is -0.181. The molecule has 30 heavy (non-hydrogen) atoms. The third-order valence-electron chi connectivity index (χ3n) is 4.34. The molecule has 0 aliphatic carbocycles. The Hall–Kier alpha value is -3.89. The van der Waals surface area contributed by atoms with Gasteiger partial charge in [0.25, 0.3) is 0 Å². The Morgan fingerprint density at radius 3 is 2.63 bits per heavy atom. The van der Waals surface area contributed by atoms with Gasteiger partial charge in [0.2, 0.25) is 5.91 Å². The van der Waals surface area contributed by atoms with Crippen LogP contribution in [0.2, 0.25) is 0 Å². The van der Waals surface area contributed by atoms with Crippen LogP contribution in [-0.2, 0) is 18.0 Å². The van der Waals surface area contributed by atoms with Crippen molar-refractivity contribution in [3.05, 3.63) is 60.7 Å². The highest BCUT2D eigenvalue weighted by molar-refractivity contribution is 5.92. The summed E-state index contributed by atoms with van der Waals surface area (Å²) >= 11 is 0. The minimum absolute atomic E-state index is 0.174. The van der Waals surface area contributed by atoms with Gasteiger partial charge in [-0.1, -0.05) is 6.07 Å². The number of imidazole rings is 1. The number of aromatic nitrogens is 5. The number of nitrogens with zero attached hydrogens (tertiary/aromatic N) is 5. The summed E-state index contributed by atoms with van der Waals surface area (Å²) in [5.74, 6) is -0.276. The molecule has 11 heteroatoms. The molecule has 0 unspecified atom stereocenters. The molecule has 4 heterocycles. The summed E-state index contributed by atoms with van der Waals surface area (Å²) in [6, 6.07) is 10.0. The molecular weight excluding hydrogens is 399 g/mol. The van der Waals surface area contributed by atoms with Crippen molar-refractivity contribution in [2.75, 3.05) is 17.2 Å². The summed E-state index contributed by atoms with van der Waals surface area (Å²) < 4.78 is 41.0. The van der Waals surface area contributed by atoms with Gasteiger partial charge in [-0.15, -0.1) is 0 Å². The van der Waals surface area contributed by atoms with Crippen LogP contribution in [0.5, 0.6) is 0 Å². The lowest BCUT2D eigenvalue weighted by Crippen LogP contribution is -2.22. The van der Waals surface area contributed by atoms with Crippen LogP contribution in [0.1, 0.15) is 5.69 Å². The molecule has 0 spiro atoms. The Labute approximate surface area is 168 Å². The van der Waals surface area contributed by atoms with Crippen LogP contribution < -0.4 is 10.6 Å². The normalized spacial score (nSPS) is 11.6. The van der Waals surface area contributed by atoms with Crippen molar-refractivity contribution in [3.63, 3.8) is 0 Å². The molecule has 0 aliphatic heterocycles. The first kappa shape index (κ1) is 19.4. The zero-order chi connectivity index (χ0) is 21.3. The Morgan fingerprint density at radius 1 is 1.10 bits per heavy atom. The van der Waals surface area contributed by atoms with Gasteiger partial charge in [-0.25, -0.2) is 9.97 Å². The van der Waals surface area contributed by atoms with Crippen molar-refractivity contribution in [1.29, 1.82) is 0 Å². The first-order chi connectivity index (χ1) is 14.3. The van der Waals surface area contributed by atoms with Crippen molar-refractivity contribution in [2.45, 2.75) is 6.18 Å². The Morgan fingerprint density at radius 2 is 1.93 bits per heavy atom. The Balaban J connectivity index is 1.38. The van der Waals surface area contributed by atoms with Gasteiger partial charge in [-0.2, -0.15) is 18.3 Å². The molecule has 0 fully saturated rings. The van der Waals surface area contributed by atoms with Crippen molar-refractivity contribution >= 4 is 23.2 Å². The number of hydrogen-bond acceptors (Lipinski definition) is 5. The molecule has 8 nitrogen and oxygen atoms in total. The van der Waals surface area contributed by atoms with E-state index < -0.39 is 17.8 Å². The van der Waals surface area contributed by atoms with E-state index in [0.29, 0.717) is 10.5 Å². The third kappa shape index (κ3) is 3.95. The standard InChI is InChI=1S/C19H16F3N7O/c1-28-14(19(20,21)22)8-16(27-28)26-18(30)11-24-15-6-5-12(9-23-15)13-10-25-17-4-2-3-7-29(13)17/h2-10H,11H2,1H3,(H,23,24)(H,26,27,30). The van der Waals surface area contributed by atoms with E-state index in [2.05, 4.69) is 25.7 Å². The number of fused-ring (bicyclic) bond motifs is 1. The monoisotopic (exact) mass is 415 g/mol. The molecule has 0 atom stereocenters. The fraction of sp³-hybridized carbons (Fsp3) is 0.158. The van der Waals surface area contributed by atoms with E-state index in [9.17, 15) is 18.0 Å². The molecule has 1 amide bonds. The maximum Gasteiger partial charge on any atom is 0.433 e. The number of carbonyl (C=O) groups excluding carboxylic acids is 1. The molecule has 0 saturated carbocycles. The predicted octanol–water partition coefficient (Wildman–Crippen LogP) is 3.20. The van der Waals surface area contributed by atoms with Gasteiger partial charge >= 0.3 is 6.18 Å². The highest BCUT2D eigenvalue weighted by Gasteiger charge is 2.35. The summed E-state index contributed by atoms with van der Waals surface area (Å²) in [7, 11) is 1.16. The third-order valence-corrected chi connectivity index (χ3v) is 4.34. The molecule has 4 rings (SSSR count). The number of alkyl halides is 3. The summed E-state index contributed by atoms with van der Waals surface area (Å²) in [4.78, 5) is 20.6. The average molecular weight is 415 g/mol. The van der Waals surface area contributed by atoms with Gasteiger partial charge in [0.1, 0.15) is 17.2 Å². The second-order valence-electron chi connectivity index (χ2n) is 6.44. The van der Waals surface area contributed by atoms with Crippen molar-refractivity contribution in [1.82, 2.24) is 24.1 Å². The maximum absolute atomic E-state index is 12.8. The Bertz CT molecular complexity index is 1200. The summed E-state index contributed by atoms with van der Waals surface area (Å²) in [5.41, 5.74) is 1.58. The molecule has 0 aliphatic rings. The molecule has 154 valence electrons. The molecule has 0 bridgehead atoms. The number of nitrogens with one attached hydrogen (secondary N) is 2. The molecule has 0 aromatic carbocycles. The van der Waals surface area contributed by atoms with Gasteiger partial charge in [0.05, 0.1) is 18.4 Å². The van der Waals surface area contributed by atoms with Gasteiger partial charge in [-0.3, -0.25) is 13.9 Å². The Kier molecular flexibility index (Phi) is 4.86. The molecule has 0 radical (unpaired) electrons. The zero-order valence-electron chi connectivity index (χ0n) is 15.7. The number of amides is 1. The first-order valence-electron chi connectivity index (χ1n) is 8.85. The van der Waals surface area contributed by atoms with Crippen LogP contribution in [0, 0.1) is 0 Å². The maximum atomic E-state index is 12.8. The second kappa shape index (κ2) is 7.50. The summed E-state index contributed by atoms with van der Waals surface area (Å²) in [6.07, 6.45) is 0.742. The fourth-order valence-electron chi connectivity index (χ4n) is 2.95. The minimum atomic E-state index is -4.55. The fourth-order valence-corrected chi connectivity index (χ4v) is 2.95. The molecule has 4 aromatic rings. The second-order valence-corrected chi connectivity index (χ2v) is 6.44. The van der Waals surface area contributed by atoms with Gasteiger partial charge in [0.15, 0.2) is 5.82 Å². The number of aryl methyl sites for hydroxylation is 1. The van der Waals surface area contributed by atoms with E-state index in [4.69, 9.17) is 0 Å². The average Bonchev–Trinajstić information content (AvgIpc) is 3.30. The number of halogens is 3. The van der Waals surface area contributed by atoms with Gasteiger partial charge < -0.3 is 10.6 Å². The van der Waals surface area contributed by atoms with Gasteiger partial charge in [-0.05, 0) is 24.3 Å². The largest absolute Gasteiger partial charge is 0.433 e. The highest BCUT2D eigenvalue weighted by Crippen LogP contribution is 2.30. The van der Waals surface area contributed by atoms with Gasteiger partial charge in [0, 0.05) is 31.1 Å². The van der Waals surface area contributed by atoms with Crippen LogP contribution >= 0.6 is 0 Å². The number of pyridine rings is 2. The smallest absolute Gasteiger partial charge is 0.361 e. The SMILES string of the molecule is Cn1nc(NC(=O)CNc2ccc(-c3cnc4ccccn34)cn2)cc1C(F)(F)F. The van der Waals surface area contributed by atoms with E-state index in [1.165, 1.54) is 0 Å². The van der Waals surface area contributed by atoms with Crippen LogP contribution in [0.4, 0.5) is 24.8 Å². The van der Waals surface area contributed by atoms with E-state index >= 15 is 0 Å². The van der Waals surface area contributed by atoms with E-state index in [0.717, 1.165) is 30.0 Å².